The normalized spacial score (nSPS) is 17.2. The van der Waals surface area contributed by atoms with Gasteiger partial charge in [0, 0.05) is 32.7 Å². The Morgan fingerprint density at radius 1 is 0.800 bits per heavy atom. The molecule has 0 aromatic heterocycles. The highest BCUT2D eigenvalue weighted by molar-refractivity contribution is 5.67. The van der Waals surface area contributed by atoms with E-state index in [0.29, 0.717) is 0 Å². The predicted molar refractivity (Wildman–Crippen MR) is 84.7 cm³/mol. The minimum Gasteiger partial charge on any atom is -0.304 e. The third-order valence-electron chi connectivity index (χ3n) is 4.09. The van der Waals surface area contributed by atoms with Gasteiger partial charge in [0.15, 0.2) is 0 Å². The molecule has 0 unspecified atom stereocenters. The number of piperazine rings is 1. The van der Waals surface area contributed by atoms with E-state index in [9.17, 15) is 0 Å². The van der Waals surface area contributed by atoms with E-state index in [0.717, 1.165) is 6.54 Å². The maximum atomic E-state index is 2.56. The van der Waals surface area contributed by atoms with E-state index in [2.05, 4.69) is 71.4 Å². The number of likely N-dealkylation sites (N-methyl/N-ethyl adjacent to an activating group) is 1. The van der Waals surface area contributed by atoms with Crippen molar-refractivity contribution in [3.05, 3.63) is 60.2 Å². The van der Waals surface area contributed by atoms with Crippen LogP contribution in [0.2, 0.25) is 0 Å². The van der Waals surface area contributed by atoms with Crippen LogP contribution < -0.4 is 0 Å². The molecule has 20 heavy (non-hydrogen) atoms. The van der Waals surface area contributed by atoms with E-state index in [1.807, 2.05) is 0 Å². The van der Waals surface area contributed by atoms with Crippen LogP contribution in [0.1, 0.15) is 5.56 Å². The van der Waals surface area contributed by atoms with Gasteiger partial charge in [-0.15, -0.1) is 0 Å². The van der Waals surface area contributed by atoms with E-state index in [4.69, 9.17) is 0 Å². The summed E-state index contributed by atoms with van der Waals surface area (Å²) in [6.07, 6.45) is 0. The maximum Gasteiger partial charge on any atom is 0.0240 e. The molecule has 1 heterocycles. The predicted octanol–water partition coefficient (Wildman–Crippen LogP) is 3.10. The molecule has 2 aromatic rings. The second-order valence-corrected chi connectivity index (χ2v) is 5.60. The van der Waals surface area contributed by atoms with Crippen molar-refractivity contribution < 1.29 is 0 Å². The van der Waals surface area contributed by atoms with Gasteiger partial charge < -0.3 is 4.90 Å². The Bertz CT molecular complexity index is 542. The van der Waals surface area contributed by atoms with Gasteiger partial charge >= 0.3 is 0 Å². The number of nitrogens with zero attached hydrogens (tertiary/aromatic N) is 2. The molecule has 104 valence electrons. The molecular weight excluding hydrogens is 244 g/mol. The second-order valence-electron chi connectivity index (χ2n) is 5.60. The lowest BCUT2D eigenvalue weighted by Gasteiger charge is -2.32. The van der Waals surface area contributed by atoms with Gasteiger partial charge in [0.05, 0.1) is 0 Å². The molecule has 0 aliphatic carbocycles. The third kappa shape index (κ3) is 3.09. The number of hydrogen-bond acceptors (Lipinski definition) is 2. The number of benzene rings is 2. The van der Waals surface area contributed by atoms with Crippen LogP contribution in [0.25, 0.3) is 11.1 Å². The quantitative estimate of drug-likeness (QED) is 0.842. The average molecular weight is 266 g/mol. The first-order valence-electron chi connectivity index (χ1n) is 7.37. The van der Waals surface area contributed by atoms with E-state index in [-0.39, 0.29) is 0 Å². The van der Waals surface area contributed by atoms with Crippen molar-refractivity contribution in [2.24, 2.45) is 0 Å². The van der Waals surface area contributed by atoms with Gasteiger partial charge in [-0.1, -0.05) is 54.6 Å². The number of hydrogen-bond donors (Lipinski definition) is 0. The Hall–Kier alpha value is -1.64. The molecule has 1 saturated heterocycles. The molecule has 3 rings (SSSR count). The molecule has 0 saturated carbocycles. The molecule has 1 fully saturated rings. The fourth-order valence-corrected chi connectivity index (χ4v) is 2.80. The Balaban J connectivity index is 1.80. The fraction of sp³-hybridized carbons (Fsp3) is 0.333. The van der Waals surface area contributed by atoms with Crippen molar-refractivity contribution in [1.29, 1.82) is 0 Å². The van der Waals surface area contributed by atoms with Crippen molar-refractivity contribution in [3.63, 3.8) is 0 Å². The fourth-order valence-electron chi connectivity index (χ4n) is 2.80. The van der Waals surface area contributed by atoms with Gasteiger partial charge in [0.1, 0.15) is 0 Å². The highest BCUT2D eigenvalue weighted by Crippen LogP contribution is 2.24. The van der Waals surface area contributed by atoms with Gasteiger partial charge in [-0.2, -0.15) is 0 Å². The lowest BCUT2D eigenvalue weighted by atomic mass is 9.99. The lowest BCUT2D eigenvalue weighted by Crippen LogP contribution is -2.43. The molecule has 0 N–H and O–H groups in total. The second kappa shape index (κ2) is 6.21. The summed E-state index contributed by atoms with van der Waals surface area (Å²) < 4.78 is 0. The summed E-state index contributed by atoms with van der Waals surface area (Å²) in [5, 5.41) is 0. The molecule has 1 aliphatic rings. The Morgan fingerprint density at radius 3 is 2.20 bits per heavy atom. The minimum absolute atomic E-state index is 1.05. The molecule has 0 spiro atoms. The Morgan fingerprint density at radius 2 is 1.45 bits per heavy atom. The SMILES string of the molecule is CN1CCN(Cc2ccccc2-c2ccccc2)CC1. The van der Waals surface area contributed by atoms with E-state index < -0.39 is 0 Å². The molecule has 0 radical (unpaired) electrons. The molecule has 1 aliphatic heterocycles. The summed E-state index contributed by atoms with van der Waals surface area (Å²) in [7, 11) is 2.20. The van der Waals surface area contributed by atoms with Crippen molar-refractivity contribution in [2.75, 3.05) is 33.2 Å². The van der Waals surface area contributed by atoms with Crippen LogP contribution in [-0.4, -0.2) is 43.0 Å². The van der Waals surface area contributed by atoms with Crippen molar-refractivity contribution in [3.8, 4) is 11.1 Å². The molecule has 0 atom stereocenters. The first-order chi connectivity index (χ1) is 9.83. The van der Waals surface area contributed by atoms with Gasteiger partial charge in [-0.05, 0) is 23.7 Å². The molecule has 2 heteroatoms. The summed E-state index contributed by atoms with van der Waals surface area (Å²) in [4.78, 5) is 4.96. The van der Waals surface area contributed by atoms with E-state index >= 15 is 0 Å². The molecule has 2 nitrogen and oxygen atoms in total. The first kappa shape index (κ1) is 13.3. The van der Waals surface area contributed by atoms with E-state index in [1.54, 1.807) is 0 Å². The maximum absolute atomic E-state index is 2.56. The first-order valence-corrected chi connectivity index (χ1v) is 7.37. The summed E-state index contributed by atoms with van der Waals surface area (Å²) >= 11 is 0. The van der Waals surface area contributed by atoms with Crippen LogP contribution in [-0.2, 0) is 6.54 Å². The van der Waals surface area contributed by atoms with Crippen LogP contribution in [0.4, 0.5) is 0 Å². The summed E-state index contributed by atoms with van der Waals surface area (Å²) in [5.74, 6) is 0. The van der Waals surface area contributed by atoms with Crippen LogP contribution in [0.3, 0.4) is 0 Å². The average Bonchev–Trinajstić information content (AvgIpc) is 2.51. The summed E-state index contributed by atoms with van der Waals surface area (Å²) in [6, 6.07) is 19.5. The highest BCUT2D eigenvalue weighted by atomic mass is 15.2. The lowest BCUT2D eigenvalue weighted by molar-refractivity contribution is 0.148. The Labute approximate surface area is 121 Å². The zero-order valence-corrected chi connectivity index (χ0v) is 12.1. The molecular formula is C18H22N2. The number of rotatable bonds is 3. The van der Waals surface area contributed by atoms with Crippen LogP contribution in [0, 0.1) is 0 Å². The van der Waals surface area contributed by atoms with Gasteiger partial charge in [-0.25, -0.2) is 0 Å². The summed E-state index contributed by atoms with van der Waals surface area (Å²) in [5.41, 5.74) is 4.12. The van der Waals surface area contributed by atoms with Gasteiger partial charge in [0.25, 0.3) is 0 Å². The third-order valence-corrected chi connectivity index (χ3v) is 4.09. The van der Waals surface area contributed by atoms with Gasteiger partial charge in [-0.3, -0.25) is 4.90 Å². The molecule has 2 aromatic carbocycles. The Kier molecular flexibility index (Phi) is 4.14. The van der Waals surface area contributed by atoms with Crippen molar-refractivity contribution in [1.82, 2.24) is 9.80 Å². The monoisotopic (exact) mass is 266 g/mol. The van der Waals surface area contributed by atoms with Crippen molar-refractivity contribution in [2.45, 2.75) is 6.54 Å². The minimum atomic E-state index is 1.05. The smallest absolute Gasteiger partial charge is 0.0240 e. The largest absolute Gasteiger partial charge is 0.304 e. The zero-order valence-electron chi connectivity index (χ0n) is 12.1. The standard InChI is InChI=1S/C18H22N2/c1-19-11-13-20(14-12-19)15-17-9-5-6-10-18(17)16-7-3-2-4-8-16/h2-10H,11-15H2,1H3. The van der Waals surface area contributed by atoms with Crippen LogP contribution in [0.15, 0.2) is 54.6 Å². The van der Waals surface area contributed by atoms with Crippen LogP contribution in [0.5, 0.6) is 0 Å². The van der Waals surface area contributed by atoms with Crippen molar-refractivity contribution >= 4 is 0 Å². The van der Waals surface area contributed by atoms with Gasteiger partial charge in [0.2, 0.25) is 0 Å². The zero-order chi connectivity index (χ0) is 13.8. The molecule has 0 bridgehead atoms. The molecule has 0 amide bonds. The highest BCUT2D eigenvalue weighted by Gasteiger charge is 2.15. The topological polar surface area (TPSA) is 6.48 Å². The van der Waals surface area contributed by atoms with Crippen LogP contribution >= 0.6 is 0 Å². The summed E-state index contributed by atoms with van der Waals surface area (Å²) in [6.45, 7) is 5.74. The van der Waals surface area contributed by atoms with E-state index in [1.165, 1.54) is 42.9 Å².